The smallest absolute Gasteiger partial charge is 0.241 e. The van der Waals surface area contributed by atoms with E-state index >= 15 is 0 Å². The minimum absolute atomic E-state index is 0.0586. The number of rotatable bonds is 7. The molecule has 0 aliphatic rings. The molecule has 1 unspecified atom stereocenters. The maximum atomic E-state index is 12.4. The molecule has 0 aliphatic heterocycles. The number of sulfonamides is 1. The van der Waals surface area contributed by atoms with Gasteiger partial charge in [-0.2, -0.15) is 0 Å². The van der Waals surface area contributed by atoms with Crippen LogP contribution in [0.15, 0.2) is 17.0 Å². The summed E-state index contributed by atoms with van der Waals surface area (Å²) in [7, 11) is -3.45. The number of hydrogen-bond acceptors (Lipinski definition) is 3. The number of hydrogen-bond donors (Lipinski definition) is 2. The van der Waals surface area contributed by atoms with Crippen LogP contribution in [0.25, 0.3) is 0 Å². The van der Waals surface area contributed by atoms with Gasteiger partial charge in [-0.05, 0) is 56.9 Å². The van der Waals surface area contributed by atoms with Crippen molar-refractivity contribution in [3.63, 3.8) is 0 Å². The molecule has 4 nitrogen and oxygen atoms in total. The average molecular weight is 298 g/mol. The van der Waals surface area contributed by atoms with Crippen molar-refractivity contribution in [2.75, 3.05) is 11.9 Å². The minimum atomic E-state index is -3.45. The van der Waals surface area contributed by atoms with Crippen LogP contribution in [-0.4, -0.2) is 21.0 Å². The van der Waals surface area contributed by atoms with Gasteiger partial charge in [0.05, 0.1) is 4.90 Å². The minimum Gasteiger partial charge on any atom is -0.385 e. The molecule has 2 N–H and O–H groups in total. The Hall–Kier alpha value is -1.07. The van der Waals surface area contributed by atoms with Crippen LogP contribution in [0.4, 0.5) is 5.69 Å². The first-order valence-electron chi connectivity index (χ1n) is 7.19. The molecule has 0 aromatic heterocycles. The standard InChI is InChI=1S/C15H26N2O2S/c1-6-8-16-14-9-11(3)15(12(4)10-14)20(18,19)17-13(5)7-2/h9-10,13,16-17H,6-8H2,1-5H3. The molecule has 1 aromatic rings. The second-order valence-corrected chi connectivity index (χ2v) is 6.95. The van der Waals surface area contributed by atoms with Gasteiger partial charge in [0.2, 0.25) is 10.0 Å². The van der Waals surface area contributed by atoms with Crippen LogP contribution < -0.4 is 10.0 Å². The Morgan fingerprint density at radius 2 is 1.70 bits per heavy atom. The van der Waals surface area contributed by atoms with Crippen LogP contribution in [0.1, 0.15) is 44.7 Å². The van der Waals surface area contributed by atoms with Crippen LogP contribution in [0, 0.1) is 13.8 Å². The summed E-state index contributed by atoms with van der Waals surface area (Å²) in [6.45, 7) is 10.5. The average Bonchev–Trinajstić information content (AvgIpc) is 2.34. The Balaban J connectivity index is 3.13. The molecule has 1 atom stereocenters. The van der Waals surface area contributed by atoms with Crippen molar-refractivity contribution < 1.29 is 8.42 Å². The maximum absolute atomic E-state index is 12.4. The highest BCUT2D eigenvalue weighted by Gasteiger charge is 2.21. The molecule has 0 saturated heterocycles. The van der Waals surface area contributed by atoms with E-state index in [9.17, 15) is 8.42 Å². The lowest BCUT2D eigenvalue weighted by Crippen LogP contribution is -2.33. The molecule has 1 rings (SSSR count). The van der Waals surface area contributed by atoms with Gasteiger partial charge >= 0.3 is 0 Å². The monoisotopic (exact) mass is 298 g/mol. The van der Waals surface area contributed by atoms with Gasteiger partial charge in [0.15, 0.2) is 0 Å². The van der Waals surface area contributed by atoms with Gasteiger partial charge in [-0.3, -0.25) is 0 Å². The van der Waals surface area contributed by atoms with Crippen molar-refractivity contribution in [2.24, 2.45) is 0 Å². The Bertz CT molecular complexity index is 530. The van der Waals surface area contributed by atoms with E-state index in [0.717, 1.165) is 36.2 Å². The quantitative estimate of drug-likeness (QED) is 0.812. The molecular formula is C15H26N2O2S. The molecule has 0 bridgehead atoms. The van der Waals surface area contributed by atoms with E-state index in [2.05, 4.69) is 17.0 Å². The summed E-state index contributed by atoms with van der Waals surface area (Å²) in [6, 6.07) is 3.73. The lowest BCUT2D eigenvalue weighted by Gasteiger charge is -2.17. The van der Waals surface area contributed by atoms with Gasteiger partial charge in [0.1, 0.15) is 0 Å². The third-order valence-electron chi connectivity index (χ3n) is 3.28. The third kappa shape index (κ3) is 4.21. The van der Waals surface area contributed by atoms with E-state index in [1.165, 1.54) is 0 Å². The van der Waals surface area contributed by atoms with Crippen molar-refractivity contribution in [3.05, 3.63) is 23.3 Å². The van der Waals surface area contributed by atoms with Crippen molar-refractivity contribution >= 4 is 15.7 Å². The van der Waals surface area contributed by atoms with Crippen LogP contribution in [0.2, 0.25) is 0 Å². The van der Waals surface area contributed by atoms with Crippen molar-refractivity contribution in [1.29, 1.82) is 0 Å². The molecule has 0 radical (unpaired) electrons. The summed E-state index contributed by atoms with van der Waals surface area (Å²) in [5.74, 6) is 0. The number of anilines is 1. The molecule has 5 heteroatoms. The largest absolute Gasteiger partial charge is 0.385 e. The zero-order valence-corrected chi connectivity index (χ0v) is 13.9. The van der Waals surface area contributed by atoms with Crippen molar-refractivity contribution in [3.8, 4) is 0 Å². The Morgan fingerprint density at radius 1 is 1.15 bits per heavy atom. The summed E-state index contributed by atoms with van der Waals surface area (Å²) in [4.78, 5) is 0.403. The van der Waals surface area contributed by atoms with E-state index in [1.807, 2.05) is 39.8 Å². The first-order chi connectivity index (χ1) is 9.31. The molecule has 0 spiro atoms. The van der Waals surface area contributed by atoms with E-state index in [0.29, 0.717) is 4.90 Å². The lowest BCUT2D eigenvalue weighted by molar-refractivity contribution is 0.555. The van der Waals surface area contributed by atoms with Gasteiger partial charge in [-0.15, -0.1) is 0 Å². The summed E-state index contributed by atoms with van der Waals surface area (Å²) in [5.41, 5.74) is 2.53. The van der Waals surface area contributed by atoms with Crippen LogP contribution in [0.3, 0.4) is 0 Å². The molecular weight excluding hydrogens is 272 g/mol. The highest BCUT2D eigenvalue weighted by molar-refractivity contribution is 7.89. The van der Waals surface area contributed by atoms with E-state index < -0.39 is 10.0 Å². The van der Waals surface area contributed by atoms with Crippen LogP contribution in [-0.2, 0) is 10.0 Å². The predicted octanol–water partition coefficient (Wildman–Crippen LogP) is 3.20. The number of benzene rings is 1. The van der Waals surface area contributed by atoms with Gasteiger partial charge in [0.25, 0.3) is 0 Å². The molecule has 0 aliphatic carbocycles. The molecule has 114 valence electrons. The fourth-order valence-corrected chi connectivity index (χ4v) is 3.93. The van der Waals surface area contributed by atoms with Crippen molar-refractivity contribution in [2.45, 2.75) is 58.4 Å². The topological polar surface area (TPSA) is 58.2 Å². The highest BCUT2D eigenvalue weighted by atomic mass is 32.2. The molecule has 0 heterocycles. The summed E-state index contributed by atoms with van der Waals surface area (Å²) < 4.78 is 27.6. The second kappa shape index (κ2) is 7.09. The summed E-state index contributed by atoms with van der Waals surface area (Å²) in [6.07, 6.45) is 1.81. The van der Waals surface area contributed by atoms with Gasteiger partial charge in [0, 0.05) is 18.3 Å². The normalized spacial score (nSPS) is 13.2. The van der Waals surface area contributed by atoms with Gasteiger partial charge in [-0.25, -0.2) is 13.1 Å². The molecule has 1 aromatic carbocycles. The number of nitrogens with one attached hydrogen (secondary N) is 2. The fourth-order valence-electron chi connectivity index (χ4n) is 2.15. The second-order valence-electron chi connectivity index (χ2n) is 5.30. The van der Waals surface area contributed by atoms with E-state index in [-0.39, 0.29) is 6.04 Å². The first kappa shape index (κ1) is 17.0. The predicted molar refractivity (Wildman–Crippen MR) is 84.8 cm³/mol. The summed E-state index contributed by atoms with van der Waals surface area (Å²) in [5, 5.41) is 3.29. The molecule has 0 amide bonds. The highest BCUT2D eigenvalue weighted by Crippen LogP contribution is 2.24. The molecule has 0 saturated carbocycles. The maximum Gasteiger partial charge on any atom is 0.241 e. The zero-order chi connectivity index (χ0) is 15.3. The fraction of sp³-hybridized carbons (Fsp3) is 0.600. The molecule has 0 fully saturated rings. The van der Waals surface area contributed by atoms with Gasteiger partial charge < -0.3 is 5.32 Å². The zero-order valence-electron chi connectivity index (χ0n) is 13.1. The van der Waals surface area contributed by atoms with Crippen LogP contribution >= 0.6 is 0 Å². The Kier molecular flexibility index (Phi) is 6.02. The van der Waals surface area contributed by atoms with Crippen LogP contribution in [0.5, 0.6) is 0 Å². The SMILES string of the molecule is CCCNc1cc(C)c(S(=O)(=O)NC(C)CC)c(C)c1. The lowest BCUT2D eigenvalue weighted by atomic mass is 10.1. The Labute approximate surface area is 123 Å². The summed E-state index contributed by atoms with van der Waals surface area (Å²) >= 11 is 0. The van der Waals surface area contributed by atoms with Gasteiger partial charge in [-0.1, -0.05) is 13.8 Å². The Morgan fingerprint density at radius 3 is 2.15 bits per heavy atom. The van der Waals surface area contributed by atoms with E-state index in [4.69, 9.17) is 0 Å². The molecule has 20 heavy (non-hydrogen) atoms. The van der Waals surface area contributed by atoms with E-state index in [1.54, 1.807) is 0 Å². The third-order valence-corrected chi connectivity index (χ3v) is 5.17. The van der Waals surface area contributed by atoms with Crippen molar-refractivity contribution in [1.82, 2.24) is 4.72 Å². The first-order valence-corrected chi connectivity index (χ1v) is 8.67. The number of aryl methyl sites for hydroxylation is 2.